The van der Waals surface area contributed by atoms with Gasteiger partial charge in [0.2, 0.25) is 0 Å². The van der Waals surface area contributed by atoms with E-state index in [4.69, 9.17) is 0 Å². The van der Waals surface area contributed by atoms with Gasteiger partial charge in [-0.1, -0.05) is 30.3 Å². The number of aliphatic imine (C=N–C) groups is 1. The van der Waals surface area contributed by atoms with Crippen molar-refractivity contribution in [3.05, 3.63) is 52.8 Å². The summed E-state index contributed by atoms with van der Waals surface area (Å²) in [6.45, 7) is 5.69. The van der Waals surface area contributed by atoms with Gasteiger partial charge in [0.05, 0.1) is 5.69 Å². The van der Waals surface area contributed by atoms with Gasteiger partial charge in [-0.25, -0.2) is 0 Å². The lowest BCUT2D eigenvalue weighted by molar-refractivity contribution is 0.476. The van der Waals surface area contributed by atoms with Crippen molar-refractivity contribution in [2.45, 2.75) is 26.9 Å². The van der Waals surface area contributed by atoms with Crippen LogP contribution in [0.4, 0.5) is 0 Å². The van der Waals surface area contributed by atoms with Gasteiger partial charge < -0.3 is 10.2 Å². The lowest BCUT2D eigenvalue weighted by Crippen LogP contribution is -2.38. The summed E-state index contributed by atoms with van der Waals surface area (Å²) in [4.78, 5) is 6.49. The lowest BCUT2D eigenvalue weighted by Gasteiger charge is -2.22. The summed E-state index contributed by atoms with van der Waals surface area (Å²) < 4.78 is 1.92. The van der Waals surface area contributed by atoms with Gasteiger partial charge in [0.15, 0.2) is 5.96 Å². The maximum Gasteiger partial charge on any atom is 0.193 e. The van der Waals surface area contributed by atoms with Gasteiger partial charge in [-0.2, -0.15) is 5.10 Å². The fourth-order valence-electron chi connectivity index (χ4n) is 2.56. The molecule has 1 N–H and O–H groups in total. The Kier molecular flexibility index (Phi) is 5.20. The number of nitrogens with one attached hydrogen (secondary N) is 1. The SMILES string of the molecule is CN=C(NCc1c(C)nn(C)c1C)N(C)Cc1ccccc1. The minimum atomic E-state index is 0.733. The van der Waals surface area contributed by atoms with Crippen LogP contribution in [0.2, 0.25) is 0 Å². The fourth-order valence-corrected chi connectivity index (χ4v) is 2.56. The van der Waals surface area contributed by atoms with E-state index in [-0.39, 0.29) is 0 Å². The van der Waals surface area contributed by atoms with E-state index in [0.29, 0.717) is 0 Å². The second-order valence-corrected chi connectivity index (χ2v) is 5.52. The number of benzene rings is 1. The molecule has 0 bridgehead atoms. The van der Waals surface area contributed by atoms with Gasteiger partial charge in [-0.15, -0.1) is 0 Å². The Morgan fingerprint density at radius 2 is 1.95 bits per heavy atom. The van der Waals surface area contributed by atoms with E-state index in [1.165, 1.54) is 16.8 Å². The summed E-state index contributed by atoms with van der Waals surface area (Å²) in [5.74, 6) is 0.881. The molecule has 5 nitrogen and oxygen atoms in total. The molecule has 0 atom stereocenters. The van der Waals surface area contributed by atoms with Crippen molar-refractivity contribution in [2.75, 3.05) is 14.1 Å². The molecule has 0 radical (unpaired) electrons. The van der Waals surface area contributed by atoms with E-state index in [2.05, 4.69) is 51.5 Å². The van der Waals surface area contributed by atoms with E-state index in [1.54, 1.807) is 0 Å². The molecule has 0 amide bonds. The summed E-state index contributed by atoms with van der Waals surface area (Å²) in [6.07, 6.45) is 0. The van der Waals surface area contributed by atoms with E-state index in [0.717, 1.165) is 24.7 Å². The molecule has 0 aliphatic rings. The highest BCUT2D eigenvalue weighted by atomic mass is 15.3. The normalized spacial score (nSPS) is 11.6. The Hall–Kier alpha value is -2.30. The standard InChI is InChI=1S/C17H25N5/c1-13-16(14(2)22(5)20-13)11-19-17(18-3)21(4)12-15-9-7-6-8-10-15/h6-10H,11-12H2,1-5H3,(H,18,19). The first-order chi connectivity index (χ1) is 10.5. The molecule has 0 unspecified atom stereocenters. The molecule has 2 aromatic rings. The highest BCUT2D eigenvalue weighted by Crippen LogP contribution is 2.11. The summed E-state index contributed by atoms with van der Waals surface area (Å²) in [7, 11) is 5.83. The first-order valence-corrected chi connectivity index (χ1v) is 7.47. The maximum absolute atomic E-state index is 4.45. The molecule has 5 heteroatoms. The second-order valence-electron chi connectivity index (χ2n) is 5.52. The number of guanidine groups is 1. The van der Waals surface area contributed by atoms with Crippen LogP contribution in [-0.2, 0) is 20.1 Å². The molecule has 0 spiro atoms. The fraction of sp³-hybridized carbons (Fsp3) is 0.412. The van der Waals surface area contributed by atoms with Crippen LogP contribution in [0.5, 0.6) is 0 Å². The first kappa shape index (κ1) is 16.1. The van der Waals surface area contributed by atoms with E-state index in [1.807, 2.05) is 38.8 Å². The van der Waals surface area contributed by atoms with Gasteiger partial charge >= 0.3 is 0 Å². The number of nitrogens with zero attached hydrogens (tertiary/aromatic N) is 4. The van der Waals surface area contributed by atoms with Gasteiger partial charge in [-0.3, -0.25) is 9.67 Å². The van der Waals surface area contributed by atoms with Crippen molar-refractivity contribution >= 4 is 5.96 Å². The van der Waals surface area contributed by atoms with Crippen LogP contribution >= 0.6 is 0 Å². The molecular weight excluding hydrogens is 274 g/mol. The average Bonchev–Trinajstić information content (AvgIpc) is 2.74. The van der Waals surface area contributed by atoms with Crippen LogP contribution < -0.4 is 5.32 Å². The predicted molar refractivity (Wildman–Crippen MR) is 90.8 cm³/mol. The Balaban J connectivity index is 2.00. The lowest BCUT2D eigenvalue weighted by atomic mass is 10.2. The Labute approximate surface area is 132 Å². The van der Waals surface area contributed by atoms with E-state index < -0.39 is 0 Å². The zero-order chi connectivity index (χ0) is 16.1. The molecule has 0 aliphatic carbocycles. The molecule has 0 aliphatic heterocycles. The minimum absolute atomic E-state index is 0.733. The second kappa shape index (κ2) is 7.11. The van der Waals surface area contributed by atoms with Crippen LogP contribution in [0.1, 0.15) is 22.5 Å². The molecule has 0 saturated carbocycles. The van der Waals surface area contributed by atoms with Gasteiger partial charge in [0.25, 0.3) is 0 Å². The van der Waals surface area contributed by atoms with Crippen molar-refractivity contribution in [1.29, 1.82) is 0 Å². The van der Waals surface area contributed by atoms with Crippen LogP contribution in [-0.4, -0.2) is 34.7 Å². The predicted octanol–water partition coefficient (Wildman–Crippen LogP) is 2.24. The highest BCUT2D eigenvalue weighted by Gasteiger charge is 2.11. The number of aryl methyl sites for hydroxylation is 2. The van der Waals surface area contributed by atoms with Crippen LogP contribution in [0.25, 0.3) is 0 Å². The molecule has 22 heavy (non-hydrogen) atoms. The zero-order valence-electron chi connectivity index (χ0n) is 14.1. The van der Waals surface area contributed by atoms with Crippen molar-refractivity contribution in [3.8, 4) is 0 Å². The van der Waals surface area contributed by atoms with Crippen molar-refractivity contribution in [3.63, 3.8) is 0 Å². The molecule has 0 saturated heterocycles. The Bertz CT molecular complexity index is 643. The topological polar surface area (TPSA) is 45.5 Å². The molecule has 118 valence electrons. The van der Waals surface area contributed by atoms with Crippen molar-refractivity contribution < 1.29 is 0 Å². The molecule has 1 aromatic heterocycles. The quantitative estimate of drug-likeness (QED) is 0.696. The van der Waals surface area contributed by atoms with Crippen molar-refractivity contribution in [2.24, 2.45) is 12.0 Å². The Morgan fingerprint density at radius 1 is 1.27 bits per heavy atom. The highest BCUT2D eigenvalue weighted by molar-refractivity contribution is 5.79. The maximum atomic E-state index is 4.45. The first-order valence-electron chi connectivity index (χ1n) is 7.47. The van der Waals surface area contributed by atoms with E-state index in [9.17, 15) is 0 Å². The van der Waals surface area contributed by atoms with Crippen LogP contribution in [0.3, 0.4) is 0 Å². The van der Waals surface area contributed by atoms with Crippen molar-refractivity contribution in [1.82, 2.24) is 20.0 Å². The van der Waals surface area contributed by atoms with Crippen LogP contribution in [0, 0.1) is 13.8 Å². The average molecular weight is 299 g/mol. The number of hydrogen-bond acceptors (Lipinski definition) is 2. The third-order valence-electron chi connectivity index (χ3n) is 3.92. The minimum Gasteiger partial charge on any atom is -0.352 e. The number of hydrogen-bond donors (Lipinski definition) is 1. The monoisotopic (exact) mass is 299 g/mol. The molecule has 0 fully saturated rings. The zero-order valence-corrected chi connectivity index (χ0v) is 14.1. The molecule has 1 aromatic carbocycles. The third-order valence-corrected chi connectivity index (χ3v) is 3.92. The molecular formula is C17H25N5. The summed E-state index contributed by atoms with van der Waals surface area (Å²) >= 11 is 0. The number of rotatable bonds is 4. The Morgan fingerprint density at radius 3 is 2.50 bits per heavy atom. The van der Waals surface area contributed by atoms with Gasteiger partial charge in [0.1, 0.15) is 0 Å². The largest absolute Gasteiger partial charge is 0.352 e. The van der Waals surface area contributed by atoms with E-state index >= 15 is 0 Å². The van der Waals surface area contributed by atoms with Gasteiger partial charge in [-0.05, 0) is 19.4 Å². The summed E-state index contributed by atoms with van der Waals surface area (Å²) in [5.41, 5.74) is 4.75. The molecule has 2 rings (SSSR count). The smallest absolute Gasteiger partial charge is 0.193 e. The van der Waals surface area contributed by atoms with Crippen LogP contribution in [0.15, 0.2) is 35.3 Å². The third kappa shape index (κ3) is 3.67. The molecule has 1 heterocycles. The summed E-state index contributed by atoms with van der Waals surface area (Å²) in [6, 6.07) is 10.4. The number of aromatic nitrogens is 2. The van der Waals surface area contributed by atoms with Gasteiger partial charge in [0, 0.05) is 45.5 Å². The summed E-state index contributed by atoms with van der Waals surface area (Å²) in [5, 5.41) is 7.87.